The summed E-state index contributed by atoms with van der Waals surface area (Å²) in [5.74, 6) is 0.408. The number of aliphatic hydroxyl groups excluding tert-OH is 1. The molecular formula is C24H34FN3O5. The van der Waals surface area contributed by atoms with Crippen molar-refractivity contribution in [2.24, 2.45) is 0 Å². The van der Waals surface area contributed by atoms with Crippen LogP contribution in [0.3, 0.4) is 0 Å². The van der Waals surface area contributed by atoms with E-state index < -0.39 is 6.10 Å². The van der Waals surface area contributed by atoms with Crippen molar-refractivity contribution in [2.45, 2.75) is 38.5 Å². The van der Waals surface area contributed by atoms with E-state index in [0.717, 1.165) is 30.6 Å². The number of nitrogens with zero attached hydrogens (tertiary/aromatic N) is 3. The lowest BCUT2D eigenvalue weighted by molar-refractivity contribution is 0.00517. The zero-order valence-electron chi connectivity index (χ0n) is 19.2. The second-order valence-corrected chi connectivity index (χ2v) is 8.56. The van der Waals surface area contributed by atoms with Gasteiger partial charge in [-0.25, -0.2) is 4.39 Å². The molecule has 0 radical (unpaired) electrons. The van der Waals surface area contributed by atoms with Crippen LogP contribution in [0.15, 0.2) is 28.8 Å². The average Bonchev–Trinajstić information content (AvgIpc) is 3.49. The number of aliphatic hydroxyl groups is 1. The molecule has 9 heteroatoms. The third kappa shape index (κ3) is 6.51. The van der Waals surface area contributed by atoms with E-state index in [1.165, 1.54) is 12.1 Å². The van der Waals surface area contributed by atoms with Crippen molar-refractivity contribution in [1.29, 1.82) is 0 Å². The highest BCUT2D eigenvalue weighted by Gasteiger charge is 2.28. The Balaban J connectivity index is 1.61. The molecule has 2 aliphatic rings. The van der Waals surface area contributed by atoms with Gasteiger partial charge in [-0.15, -0.1) is 0 Å². The first kappa shape index (κ1) is 24.1. The fourth-order valence-electron chi connectivity index (χ4n) is 4.40. The van der Waals surface area contributed by atoms with Gasteiger partial charge < -0.3 is 28.7 Å². The highest BCUT2D eigenvalue weighted by Crippen LogP contribution is 2.33. The van der Waals surface area contributed by atoms with Crippen molar-refractivity contribution >= 4 is 5.88 Å². The Kier molecular flexibility index (Phi) is 8.69. The summed E-state index contributed by atoms with van der Waals surface area (Å²) in [6.07, 6.45) is 1.56. The third-order valence-corrected chi connectivity index (χ3v) is 6.03. The molecule has 1 N–H and O–H groups in total. The normalized spacial score (nSPS) is 20.0. The molecule has 8 nitrogen and oxygen atoms in total. The minimum Gasteiger partial charge on any atom is -0.389 e. The van der Waals surface area contributed by atoms with Crippen LogP contribution in [0, 0.1) is 5.82 Å². The Bertz CT molecular complexity index is 850. The van der Waals surface area contributed by atoms with Crippen LogP contribution in [0.4, 0.5) is 10.3 Å². The van der Waals surface area contributed by atoms with Gasteiger partial charge in [-0.2, -0.15) is 0 Å². The van der Waals surface area contributed by atoms with Gasteiger partial charge in [0.25, 0.3) is 0 Å². The Hall–Kier alpha value is -2.04. The summed E-state index contributed by atoms with van der Waals surface area (Å²) >= 11 is 0. The molecule has 2 atom stereocenters. The third-order valence-electron chi connectivity index (χ3n) is 6.03. The molecule has 0 bridgehead atoms. The molecule has 0 aliphatic carbocycles. The van der Waals surface area contributed by atoms with Crippen LogP contribution in [0.1, 0.15) is 25.3 Å². The zero-order valence-corrected chi connectivity index (χ0v) is 19.2. The SMILES string of the molecule is CCOCC(O)CN(Cc1c(-c2ccc(F)cc2)noc1N1CCOCC1)CC1CCCO1. The van der Waals surface area contributed by atoms with Gasteiger partial charge >= 0.3 is 0 Å². The first-order valence-corrected chi connectivity index (χ1v) is 11.8. The lowest BCUT2D eigenvalue weighted by Crippen LogP contribution is -2.40. The van der Waals surface area contributed by atoms with Crippen LogP contribution in [0.5, 0.6) is 0 Å². The fraction of sp³-hybridized carbons (Fsp3) is 0.625. The van der Waals surface area contributed by atoms with Crippen LogP contribution in [-0.2, 0) is 20.8 Å². The van der Waals surface area contributed by atoms with E-state index in [1.807, 2.05) is 6.92 Å². The van der Waals surface area contributed by atoms with Crippen molar-refractivity contribution in [3.05, 3.63) is 35.6 Å². The number of benzene rings is 1. The van der Waals surface area contributed by atoms with Gasteiger partial charge in [-0.05, 0) is 44.0 Å². The summed E-state index contributed by atoms with van der Waals surface area (Å²) < 4.78 is 36.2. The van der Waals surface area contributed by atoms with Gasteiger partial charge in [-0.3, -0.25) is 4.90 Å². The maximum atomic E-state index is 13.6. The number of rotatable bonds is 11. The molecule has 3 heterocycles. The highest BCUT2D eigenvalue weighted by molar-refractivity contribution is 5.68. The summed E-state index contributed by atoms with van der Waals surface area (Å²) in [7, 11) is 0. The average molecular weight is 464 g/mol. The van der Waals surface area contributed by atoms with Crippen molar-refractivity contribution < 1.29 is 28.2 Å². The first-order chi connectivity index (χ1) is 16.1. The van der Waals surface area contributed by atoms with E-state index in [1.54, 1.807) is 12.1 Å². The molecule has 1 aromatic heterocycles. The quantitative estimate of drug-likeness (QED) is 0.545. The maximum absolute atomic E-state index is 13.6. The lowest BCUT2D eigenvalue weighted by Gasteiger charge is -2.30. The minimum absolute atomic E-state index is 0.130. The molecule has 2 fully saturated rings. The van der Waals surface area contributed by atoms with Crippen LogP contribution >= 0.6 is 0 Å². The van der Waals surface area contributed by atoms with Crippen LogP contribution in [0.2, 0.25) is 0 Å². The smallest absolute Gasteiger partial charge is 0.232 e. The van der Waals surface area contributed by atoms with Crippen LogP contribution in [0.25, 0.3) is 11.3 Å². The summed E-state index contributed by atoms with van der Waals surface area (Å²) in [5.41, 5.74) is 2.40. The maximum Gasteiger partial charge on any atom is 0.232 e. The van der Waals surface area contributed by atoms with Crippen molar-refractivity contribution in [2.75, 3.05) is 64.1 Å². The van der Waals surface area contributed by atoms with Gasteiger partial charge in [0.05, 0.1) is 37.6 Å². The van der Waals surface area contributed by atoms with Crippen LogP contribution in [-0.4, -0.2) is 86.6 Å². The van der Waals surface area contributed by atoms with Crippen LogP contribution < -0.4 is 4.90 Å². The zero-order chi connectivity index (χ0) is 23.0. The first-order valence-electron chi connectivity index (χ1n) is 11.8. The second kappa shape index (κ2) is 11.9. The molecule has 2 saturated heterocycles. The fourth-order valence-corrected chi connectivity index (χ4v) is 4.40. The topological polar surface area (TPSA) is 80.4 Å². The summed E-state index contributed by atoms with van der Waals surface area (Å²) in [4.78, 5) is 4.32. The number of anilines is 1. The molecular weight excluding hydrogens is 429 g/mol. The summed E-state index contributed by atoms with van der Waals surface area (Å²) in [6, 6.07) is 6.29. The van der Waals surface area contributed by atoms with E-state index >= 15 is 0 Å². The molecule has 33 heavy (non-hydrogen) atoms. The molecule has 0 saturated carbocycles. The molecule has 0 amide bonds. The monoisotopic (exact) mass is 463 g/mol. The van der Waals surface area contributed by atoms with E-state index in [2.05, 4.69) is 15.0 Å². The molecule has 2 aromatic rings. The Morgan fingerprint density at radius 1 is 1.24 bits per heavy atom. The minimum atomic E-state index is -0.618. The number of hydrogen-bond acceptors (Lipinski definition) is 8. The predicted octanol–water partition coefficient (Wildman–Crippen LogP) is 2.70. The Labute approximate surface area is 194 Å². The number of aromatic nitrogens is 1. The molecule has 2 aliphatic heterocycles. The van der Waals surface area contributed by atoms with Gasteiger partial charge in [0.2, 0.25) is 5.88 Å². The van der Waals surface area contributed by atoms with Gasteiger partial charge in [0.1, 0.15) is 11.5 Å². The summed E-state index contributed by atoms with van der Waals surface area (Å²) in [6.45, 7) is 7.85. The number of ether oxygens (including phenoxy) is 3. The van der Waals surface area contributed by atoms with E-state index in [9.17, 15) is 9.50 Å². The van der Waals surface area contributed by atoms with E-state index in [4.69, 9.17) is 18.7 Å². The molecule has 4 rings (SSSR count). The molecule has 182 valence electrons. The van der Waals surface area contributed by atoms with E-state index in [0.29, 0.717) is 64.1 Å². The number of halogens is 1. The van der Waals surface area contributed by atoms with Crippen molar-refractivity contribution in [3.63, 3.8) is 0 Å². The Morgan fingerprint density at radius 2 is 2.03 bits per heavy atom. The van der Waals surface area contributed by atoms with E-state index in [-0.39, 0.29) is 18.5 Å². The lowest BCUT2D eigenvalue weighted by atomic mass is 10.1. The van der Waals surface area contributed by atoms with Crippen molar-refractivity contribution in [3.8, 4) is 11.3 Å². The second-order valence-electron chi connectivity index (χ2n) is 8.56. The highest BCUT2D eigenvalue weighted by atomic mass is 19.1. The number of hydrogen-bond donors (Lipinski definition) is 1. The Morgan fingerprint density at radius 3 is 2.73 bits per heavy atom. The molecule has 0 spiro atoms. The largest absolute Gasteiger partial charge is 0.389 e. The molecule has 1 aromatic carbocycles. The van der Waals surface area contributed by atoms with Gasteiger partial charge in [0, 0.05) is 51.5 Å². The predicted molar refractivity (Wildman–Crippen MR) is 122 cm³/mol. The van der Waals surface area contributed by atoms with Gasteiger partial charge in [0.15, 0.2) is 0 Å². The standard InChI is InChI=1S/C24H34FN3O5/c1-2-30-17-20(29)14-27(15-21-4-3-11-32-21)16-22-23(18-5-7-19(25)8-6-18)26-33-24(22)28-9-12-31-13-10-28/h5-8,20-21,29H,2-4,9-17H2,1H3. The molecule has 2 unspecified atom stereocenters. The van der Waals surface area contributed by atoms with Crippen molar-refractivity contribution in [1.82, 2.24) is 10.1 Å². The summed E-state index contributed by atoms with van der Waals surface area (Å²) in [5, 5.41) is 15.0. The number of morpholine rings is 1. The van der Waals surface area contributed by atoms with Gasteiger partial charge in [-0.1, -0.05) is 5.16 Å².